The second-order valence-corrected chi connectivity index (χ2v) is 8.43. The van der Waals surface area contributed by atoms with E-state index in [1.54, 1.807) is 6.92 Å². The quantitative estimate of drug-likeness (QED) is 0.801. The fourth-order valence-corrected chi connectivity index (χ4v) is 4.75. The molecule has 3 amide bonds. The molecule has 0 bridgehead atoms. The zero-order chi connectivity index (χ0) is 21.8. The van der Waals surface area contributed by atoms with Gasteiger partial charge in [-0.15, -0.1) is 0 Å². The molecule has 6 nitrogen and oxygen atoms in total. The number of rotatable bonds is 5. The van der Waals surface area contributed by atoms with Crippen molar-refractivity contribution in [1.82, 2.24) is 10.2 Å². The van der Waals surface area contributed by atoms with Gasteiger partial charge < -0.3 is 10.2 Å². The summed E-state index contributed by atoms with van der Waals surface area (Å²) in [7, 11) is 0. The summed E-state index contributed by atoms with van der Waals surface area (Å²) in [6.07, 6.45) is 2.73. The van der Waals surface area contributed by atoms with Gasteiger partial charge in [-0.05, 0) is 49.4 Å². The summed E-state index contributed by atoms with van der Waals surface area (Å²) < 4.78 is 0. The molecule has 4 rings (SSSR count). The van der Waals surface area contributed by atoms with Crippen molar-refractivity contribution >= 4 is 23.3 Å². The van der Waals surface area contributed by atoms with Crippen LogP contribution in [0.5, 0.6) is 0 Å². The number of benzene rings is 2. The molecule has 6 heteroatoms. The summed E-state index contributed by atoms with van der Waals surface area (Å²) in [6, 6.07) is 16.8. The summed E-state index contributed by atoms with van der Waals surface area (Å²) in [5.41, 5.74) is 4.32. The van der Waals surface area contributed by atoms with Crippen LogP contribution in [0.4, 0.5) is 16.2 Å². The molecule has 164 valence electrons. The first kappa shape index (κ1) is 21.4. The van der Waals surface area contributed by atoms with Crippen molar-refractivity contribution in [3.63, 3.8) is 0 Å². The van der Waals surface area contributed by atoms with Crippen molar-refractivity contribution in [3.8, 4) is 0 Å². The lowest BCUT2D eigenvalue weighted by atomic mass is 10.0. The molecule has 2 aromatic rings. The number of amides is 3. The molecule has 31 heavy (non-hydrogen) atoms. The first-order chi connectivity index (χ1) is 15.1. The van der Waals surface area contributed by atoms with Gasteiger partial charge in [0.15, 0.2) is 0 Å². The number of hydrogen-bond acceptors (Lipinski definition) is 3. The topological polar surface area (TPSA) is 55.9 Å². The van der Waals surface area contributed by atoms with Gasteiger partial charge in [-0.3, -0.25) is 14.6 Å². The predicted molar refractivity (Wildman–Crippen MR) is 124 cm³/mol. The maximum Gasteiger partial charge on any atom is 0.322 e. The summed E-state index contributed by atoms with van der Waals surface area (Å²) in [6.45, 7) is 7.71. The molecule has 0 radical (unpaired) electrons. The number of urea groups is 1. The van der Waals surface area contributed by atoms with Crippen LogP contribution in [0.15, 0.2) is 48.5 Å². The summed E-state index contributed by atoms with van der Waals surface area (Å²) in [4.78, 5) is 31.3. The molecule has 0 spiro atoms. The van der Waals surface area contributed by atoms with Crippen LogP contribution in [-0.4, -0.2) is 49.1 Å². The van der Waals surface area contributed by atoms with E-state index in [1.807, 2.05) is 34.9 Å². The van der Waals surface area contributed by atoms with Gasteiger partial charge in [0.2, 0.25) is 5.91 Å². The van der Waals surface area contributed by atoms with Crippen LogP contribution in [0.25, 0.3) is 0 Å². The number of fused-ring (bicyclic) bond motifs is 1. The molecule has 2 aromatic carbocycles. The molecule has 0 unspecified atom stereocenters. The maximum atomic E-state index is 13.1. The molecule has 1 N–H and O–H groups in total. The maximum absolute atomic E-state index is 13.1. The van der Waals surface area contributed by atoms with Crippen LogP contribution in [0.2, 0.25) is 0 Å². The predicted octanol–water partition coefficient (Wildman–Crippen LogP) is 3.80. The van der Waals surface area contributed by atoms with Crippen molar-refractivity contribution in [1.29, 1.82) is 0 Å². The minimum absolute atomic E-state index is 0.0506. The third-order valence-corrected chi connectivity index (χ3v) is 6.34. The van der Waals surface area contributed by atoms with Gasteiger partial charge in [0.25, 0.3) is 0 Å². The van der Waals surface area contributed by atoms with E-state index in [4.69, 9.17) is 0 Å². The van der Waals surface area contributed by atoms with E-state index in [9.17, 15) is 9.59 Å². The molecular weight excluding hydrogens is 388 g/mol. The average Bonchev–Trinajstić information content (AvgIpc) is 3.20. The molecular formula is C25H32N4O2. The SMILES string of the molecule is CCNC(=O)N(c1ccc2c(c1)N(C(C)=O)CC2)C1CCN(Cc2ccccc2)CC1. The minimum atomic E-state index is -0.0590. The number of carbonyl (C=O) groups is 2. The molecule has 2 aliphatic heterocycles. The van der Waals surface area contributed by atoms with Gasteiger partial charge in [0, 0.05) is 57.1 Å². The van der Waals surface area contributed by atoms with Gasteiger partial charge in [0.1, 0.15) is 0 Å². The van der Waals surface area contributed by atoms with Crippen LogP contribution >= 0.6 is 0 Å². The zero-order valence-corrected chi connectivity index (χ0v) is 18.5. The second-order valence-electron chi connectivity index (χ2n) is 8.43. The normalized spacial score (nSPS) is 16.8. The number of piperidine rings is 1. The first-order valence-corrected chi connectivity index (χ1v) is 11.3. The van der Waals surface area contributed by atoms with E-state index >= 15 is 0 Å². The first-order valence-electron chi connectivity index (χ1n) is 11.3. The summed E-state index contributed by atoms with van der Waals surface area (Å²) >= 11 is 0. The van der Waals surface area contributed by atoms with Gasteiger partial charge in [-0.25, -0.2) is 4.79 Å². The van der Waals surface area contributed by atoms with E-state index in [0.717, 1.165) is 50.3 Å². The third kappa shape index (κ3) is 4.74. The van der Waals surface area contributed by atoms with Crippen molar-refractivity contribution in [3.05, 3.63) is 59.7 Å². The molecule has 1 fully saturated rings. The number of hydrogen-bond donors (Lipinski definition) is 1. The van der Waals surface area contributed by atoms with Crippen molar-refractivity contribution in [2.45, 2.75) is 45.7 Å². The average molecular weight is 421 g/mol. The van der Waals surface area contributed by atoms with Crippen molar-refractivity contribution < 1.29 is 9.59 Å². The number of nitrogens with zero attached hydrogens (tertiary/aromatic N) is 3. The van der Waals surface area contributed by atoms with Crippen LogP contribution in [-0.2, 0) is 17.8 Å². The molecule has 2 heterocycles. The van der Waals surface area contributed by atoms with Crippen LogP contribution in [0.1, 0.15) is 37.8 Å². The molecule has 0 atom stereocenters. The van der Waals surface area contributed by atoms with Gasteiger partial charge >= 0.3 is 6.03 Å². The minimum Gasteiger partial charge on any atom is -0.338 e. The van der Waals surface area contributed by atoms with E-state index < -0.39 is 0 Å². The van der Waals surface area contributed by atoms with Crippen molar-refractivity contribution in [2.75, 3.05) is 36.0 Å². The zero-order valence-electron chi connectivity index (χ0n) is 18.5. The Labute approximate surface area is 184 Å². The fraction of sp³-hybridized carbons (Fsp3) is 0.440. The summed E-state index contributed by atoms with van der Waals surface area (Å²) in [5.74, 6) is 0.0506. The molecule has 0 aromatic heterocycles. The highest BCUT2D eigenvalue weighted by atomic mass is 16.2. The Morgan fingerprint density at radius 2 is 1.81 bits per heavy atom. The Morgan fingerprint density at radius 1 is 1.06 bits per heavy atom. The van der Waals surface area contributed by atoms with Gasteiger partial charge in [-0.2, -0.15) is 0 Å². The molecule has 2 aliphatic rings. The Hall–Kier alpha value is -2.86. The number of nitrogens with one attached hydrogen (secondary N) is 1. The van der Waals surface area contributed by atoms with E-state index in [-0.39, 0.29) is 18.0 Å². The molecule has 0 aliphatic carbocycles. The third-order valence-electron chi connectivity index (χ3n) is 6.34. The van der Waals surface area contributed by atoms with Crippen LogP contribution < -0.4 is 15.1 Å². The lowest BCUT2D eigenvalue weighted by Gasteiger charge is -2.38. The smallest absolute Gasteiger partial charge is 0.322 e. The molecule has 1 saturated heterocycles. The van der Waals surface area contributed by atoms with Gasteiger partial charge in [-0.1, -0.05) is 36.4 Å². The Balaban J connectivity index is 1.51. The highest BCUT2D eigenvalue weighted by Gasteiger charge is 2.31. The molecule has 0 saturated carbocycles. The Morgan fingerprint density at radius 3 is 2.48 bits per heavy atom. The number of carbonyl (C=O) groups excluding carboxylic acids is 2. The monoisotopic (exact) mass is 420 g/mol. The standard InChI is InChI=1S/C25H32N4O2/c1-3-26-25(31)29(23-10-9-21-11-16-28(19(2)30)24(21)17-23)22-12-14-27(15-13-22)18-20-7-5-4-6-8-20/h4-10,17,22H,3,11-16,18H2,1-2H3,(H,26,31). The lowest BCUT2D eigenvalue weighted by Crippen LogP contribution is -2.51. The van der Waals surface area contributed by atoms with E-state index in [2.05, 4.69) is 40.5 Å². The Bertz CT molecular complexity index is 922. The summed E-state index contributed by atoms with van der Waals surface area (Å²) in [5, 5.41) is 2.99. The number of likely N-dealkylation sites (tertiary alicyclic amines) is 1. The highest BCUT2D eigenvalue weighted by Crippen LogP contribution is 2.34. The van der Waals surface area contributed by atoms with E-state index in [1.165, 1.54) is 11.1 Å². The second kappa shape index (κ2) is 9.52. The largest absolute Gasteiger partial charge is 0.338 e. The number of anilines is 2. The highest BCUT2D eigenvalue weighted by molar-refractivity contribution is 5.97. The lowest BCUT2D eigenvalue weighted by molar-refractivity contribution is -0.116. The van der Waals surface area contributed by atoms with Crippen LogP contribution in [0, 0.1) is 0 Å². The fourth-order valence-electron chi connectivity index (χ4n) is 4.75. The van der Waals surface area contributed by atoms with Crippen molar-refractivity contribution in [2.24, 2.45) is 0 Å². The Kier molecular flexibility index (Phi) is 6.56. The van der Waals surface area contributed by atoms with Crippen LogP contribution in [0.3, 0.4) is 0 Å². The van der Waals surface area contributed by atoms with Gasteiger partial charge in [0.05, 0.1) is 0 Å². The van der Waals surface area contributed by atoms with E-state index in [0.29, 0.717) is 13.1 Å².